The monoisotopic (exact) mass is 335 g/mol. The average Bonchev–Trinajstić information content (AvgIpc) is 2.82. The Morgan fingerprint density at radius 3 is 2.45 bits per heavy atom. The molecule has 3 nitrogen and oxygen atoms in total. The van der Waals surface area contributed by atoms with Crippen molar-refractivity contribution in [2.45, 2.75) is 45.2 Å². The topological polar surface area (TPSA) is 43.8 Å². The number of nitrogens with two attached hydrogens (primary N) is 1. The molecule has 0 aliphatic rings. The van der Waals surface area contributed by atoms with Gasteiger partial charge in [0.05, 0.1) is 22.4 Å². The lowest BCUT2D eigenvalue weighted by Gasteiger charge is -2.25. The van der Waals surface area contributed by atoms with Crippen molar-refractivity contribution in [3.8, 4) is 0 Å². The van der Waals surface area contributed by atoms with Gasteiger partial charge in [-0.25, -0.2) is 0 Å². The maximum atomic E-state index is 6.57. The summed E-state index contributed by atoms with van der Waals surface area (Å²) < 4.78 is 3.01. The van der Waals surface area contributed by atoms with Crippen molar-refractivity contribution in [1.29, 1.82) is 0 Å². The second kappa shape index (κ2) is 6.55. The van der Waals surface area contributed by atoms with Gasteiger partial charge in [-0.1, -0.05) is 37.3 Å². The highest BCUT2D eigenvalue weighted by Gasteiger charge is 2.26. The summed E-state index contributed by atoms with van der Waals surface area (Å²) in [5, 5.41) is 4.44. The SMILES string of the molecule is CCC(c1ccccc1)C(N)c1c(Br)cnn1C(C)C. The van der Waals surface area contributed by atoms with Gasteiger partial charge < -0.3 is 5.73 Å². The first-order valence-electron chi connectivity index (χ1n) is 7.09. The zero-order chi connectivity index (χ0) is 14.7. The fourth-order valence-corrected chi connectivity index (χ4v) is 3.20. The third-order valence-corrected chi connectivity index (χ3v) is 4.30. The predicted molar refractivity (Wildman–Crippen MR) is 86.7 cm³/mol. The highest BCUT2D eigenvalue weighted by molar-refractivity contribution is 9.10. The fraction of sp³-hybridized carbons (Fsp3) is 0.438. The minimum atomic E-state index is -0.0679. The Balaban J connectivity index is 2.39. The molecule has 2 rings (SSSR count). The maximum Gasteiger partial charge on any atom is 0.0702 e. The minimum Gasteiger partial charge on any atom is -0.322 e. The Kier molecular flexibility index (Phi) is 5.00. The number of benzene rings is 1. The van der Waals surface area contributed by atoms with E-state index in [9.17, 15) is 0 Å². The summed E-state index contributed by atoms with van der Waals surface area (Å²) in [4.78, 5) is 0. The first-order chi connectivity index (χ1) is 9.56. The van der Waals surface area contributed by atoms with Crippen LogP contribution in [0.15, 0.2) is 41.0 Å². The summed E-state index contributed by atoms with van der Waals surface area (Å²) in [5.41, 5.74) is 8.94. The van der Waals surface area contributed by atoms with Gasteiger partial charge >= 0.3 is 0 Å². The Hall–Kier alpha value is -1.13. The predicted octanol–water partition coefficient (Wildman–Crippen LogP) is 4.42. The molecule has 0 aliphatic carbocycles. The van der Waals surface area contributed by atoms with Crippen LogP contribution < -0.4 is 5.73 Å². The minimum absolute atomic E-state index is 0.0679. The van der Waals surface area contributed by atoms with Crippen molar-refractivity contribution in [1.82, 2.24) is 9.78 Å². The van der Waals surface area contributed by atoms with E-state index < -0.39 is 0 Å². The molecule has 1 heterocycles. The van der Waals surface area contributed by atoms with Gasteiger partial charge in [0, 0.05) is 12.0 Å². The van der Waals surface area contributed by atoms with Crippen LogP contribution in [0.5, 0.6) is 0 Å². The van der Waals surface area contributed by atoms with E-state index in [-0.39, 0.29) is 6.04 Å². The van der Waals surface area contributed by atoms with E-state index in [1.165, 1.54) is 5.56 Å². The first-order valence-corrected chi connectivity index (χ1v) is 7.89. The van der Waals surface area contributed by atoms with Crippen molar-refractivity contribution in [2.24, 2.45) is 5.73 Å². The highest BCUT2D eigenvalue weighted by atomic mass is 79.9. The number of rotatable bonds is 5. The standard InChI is InChI=1S/C16H22BrN3/c1-4-13(12-8-6-5-7-9-12)15(18)16-14(17)10-19-20(16)11(2)3/h5-11,13,15H,4,18H2,1-3H3. The summed E-state index contributed by atoms with van der Waals surface area (Å²) in [5.74, 6) is 0.293. The van der Waals surface area contributed by atoms with Crippen molar-refractivity contribution >= 4 is 15.9 Å². The van der Waals surface area contributed by atoms with E-state index in [0.717, 1.165) is 16.6 Å². The van der Waals surface area contributed by atoms with Crippen LogP contribution in [0.25, 0.3) is 0 Å². The lowest BCUT2D eigenvalue weighted by atomic mass is 9.88. The van der Waals surface area contributed by atoms with Gasteiger partial charge in [-0.05, 0) is 41.8 Å². The number of aromatic nitrogens is 2. The summed E-state index contributed by atoms with van der Waals surface area (Å²) >= 11 is 3.59. The third-order valence-electron chi connectivity index (χ3n) is 3.69. The van der Waals surface area contributed by atoms with Crippen LogP contribution in [0.4, 0.5) is 0 Å². The Bertz CT molecular complexity index is 548. The molecule has 0 radical (unpaired) electrons. The van der Waals surface area contributed by atoms with Gasteiger partial charge in [0.1, 0.15) is 0 Å². The van der Waals surface area contributed by atoms with Gasteiger partial charge in [-0.15, -0.1) is 0 Å². The van der Waals surface area contributed by atoms with Gasteiger partial charge in [0.25, 0.3) is 0 Å². The quantitative estimate of drug-likeness (QED) is 0.878. The molecule has 0 saturated carbocycles. The molecule has 2 aromatic rings. The van der Waals surface area contributed by atoms with Crippen LogP contribution in [0.2, 0.25) is 0 Å². The Labute approximate surface area is 129 Å². The lowest BCUT2D eigenvalue weighted by Crippen LogP contribution is -2.24. The Morgan fingerprint density at radius 1 is 1.25 bits per heavy atom. The smallest absolute Gasteiger partial charge is 0.0702 e. The average molecular weight is 336 g/mol. The van der Waals surface area contributed by atoms with Gasteiger partial charge in [0.15, 0.2) is 0 Å². The second-order valence-electron chi connectivity index (χ2n) is 5.37. The van der Waals surface area contributed by atoms with Crippen molar-refractivity contribution in [2.75, 3.05) is 0 Å². The molecular weight excluding hydrogens is 314 g/mol. The van der Waals surface area contributed by atoms with Crippen LogP contribution in [-0.2, 0) is 0 Å². The zero-order valence-electron chi connectivity index (χ0n) is 12.3. The lowest BCUT2D eigenvalue weighted by molar-refractivity contribution is 0.447. The molecule has 0 bridgehead atoms. The van der Waals surface area contributed by atoms with Crippen LogP contribution in [0.1, 0.15) is 56.5 Å². The van der Waals surface area contributed by atoms with Gasteiger partial charge in [-0.3, -0.25) is 4.68 Å². The second-order valence-corrected chi connectivity index (χ2v) is 6.22. The number of halogens is 1. The molecule has 108 valence electrons. The van der Waals surface area contributed by atoms with Crippen molar-refractivity contribution < 1.29 is 0 Å². The molecule has 0 saturated heterocycles. The molecule has 0 aliphatic heterocycles. The van der Waals surface area contributed by atoms with E-state index >= 15 is 0 Å². The van der Waals surface area contributed by atoms with Crippen molar-refractivity contribution in [3.05, 3.63) is 52.3 Å². The molecule has 2 atom stereocenters. The molecule has 2 N–H and O–H groups in total. The van der Waals surface area contributed by atoms with Crippen LogP contribution >= 0.6 is 15.9 Å². The van der Waals surface area contributed by atoms with Crippen LogP contribution in [0.3, 0.4) is 0 Å². The summed E-state index contributed by atoms with van der Waals surface area (Å²) in [6, 6.07) is 10.7. The molecule has 4 heteroatoms. The van der Waals surface area contributed by atoms with Crippen molar-refractivity contribution in [3.63, 3.8) is 0 Å². The van der Waals surface area contributed by atoms with Crippen LogP contribution in [0, 0.1) is 0 Å². The molecule has 0 spiro atoms. The van der Waals surface area contributed by atoms with E-state index in [1.54, 1.807) is 0 Å². The molecule has 1 aromatic carbocycles. The number of nitrogens with zero attached hydrogens (tertiary/aromatic N) is 2. The molecule has 1 aromatic heterocycles. The third kappa shape index (κ3) is 2.96. The summed E-state index contributed by atoms with van der Waals surface area (Å²) in [6.07, 6.45) is 2.84. The highest BCUT2D eigenvalue weighted by Crippen LogP contribution is 2.35. The Morgan fingerprint density at radius 2 is 1.90 bits per heavy atom. The first kappa shape index (κ1) is 15.3. The van der Waals surface area contributed by atoms with Gasteiger partial charge in [-0.2, -0.15) is 5.10 Å². The maximum absolute atomic E-state index is 6.57. The summed E-state index contributed by atoms with van der Waals surface area (Å²) in [6.45, 7) is 6.43. The molecular formula is C16H22BrN3. The van der Waals surface area contributed by atoms with E-state index in [4.69, 9.17) is 5.73 Å². The molecule has 0 amide bonds. The van der Waals surface area contributed by atoms with E-state index in [2.05, 4.69) is 66.1 Å². The number of hydrogen-bond acceptors (Lipinski definition) is 2. The van der Waals surface area contributed by atoms with Crippen LogP contribution in [-0.4, -0.2) is 9.78 Å². The van der Waals surface area contributed by atoms with E-state index in [1.807, 2.05) is 16.9 Å². The largest absolute Gasteiger partial charge is 0.322 e. The number of hydrogen-bond donors (Lipinski definition) is 1. The molecule has 0 fully saturated rings. The zero-order valence-corrected chi connectivity index (χ0v) is 13.8. The fourth-order valence-electron chi connectivity index (χ4n) is 2.66. The van der Waals surface area contributed by atoms with Gasteiger partial charge in [0.2, 0.25) is 0 Å². The molecule has 2 unspecified atom stereocenters. The summed E-state index contributed by atoms with van der Waals surface area (Å²) in [7, 11) is 0. The van der Waals surface area contributed by atoms with E-state index in [0.29, 0.717) is 12.0 Å². The normalized spacial score (nSPS) is 14.5. The molecule has 20 heavy (non-hydrogen) atoms.